The molecule has 3 nitrogen and oxygen atoms in total. The number of hydrogen-bond acceptors (Lipinski definition) is 3. The summed E-state index contributed by atoms with van der Waals surface area (Å²) in [6.45, 7) is 0.992. The fraction of sp³-hybridized carbons (Fsp3) is 0.600. The van der Waals surface area contributed by atoms with Crippen molar-refractivity contribution in [2.45, 2.75) is 44.2 Å². The van der Waals surface area contributed by atoms with Crippen LogP contribution < -0.4 is 15.8 Å². The van der Waals surface area contributed by atoms with Crippen LogP contribution in [0.4, 0.5) is 0 Å². The van der Waals surface area contributed by atoms with Crippen LogP contribution in [0, 0.1) is 0 Å². The van der Waals surface area contributed by atoms with Crippen molar-refractivity contribution in [1.82, 2.24) is 5.32 Å². The normalized spacial score (nSPS) is 23.9. The molecule has 1 aliphatic carbocycles. The van der Waals surface area contributed by atoms with Gasteiger partial charge in [0.15, 0.2) is 0 Å². The Balaban J connectivity index is 1.77. The molecule has 0 saturated heterocycles. The van der Waals surface area contributed by atoms with Gasteiger partial charge in [0.2, 0.25) is 0 Å². The average molecular weight is 248 g/mol. The standard InChI is InChI=1S/C15H24N2O/c1-18-13-6-4-5-12(11-13)9-10-17-15-8-3-2-7-14(15)16/h4-6,11,14-15,17H,2-3,7-10,16H2,1H3. The third kappa shape index (κ3) is 3.72. The first-order chi connectivity index (χ1) is 8.79. The van der Waals surface area contributed by atoms with E-state index in [2.05, 4.69) is 17.4 Å². The molecule has 0 amide bonds. The van der Waals surface area contributed by atoms with E-state index >= 15 is 0 Å². The maximum absolute atomic E-state index is 6.12. The molecule has 1 aliphatic rings. The smallest absolute Gasteiger partial charge is 0.119 e. The van der Waals surface area contributed by atoms with Gasteiger partial charge in [-0.25, -0.2) is 0 Å². The van der Waals surface area contributed by atoms with Gasteiger partial charge < -0.3 is 15.8 Å². The van der Waals surface area contributed by atoms with Gasteiger partial charge in [-0.3, -0.25) is 0 Å². The quantitative estimate of drug-likeness (QED) is 0.839. The number of hydrogen-bond donors (Lipinski definition) is 2. The molecule has 2 rings (SSSR count). The Hall–Kier alpha value is -1.06. The highest BCUT2D eigenvalue weighted by Crippen LogP contribution is 2.17. The SMILES string of the molecule is COc1cccc(CCNC2CCCCC2N)c1. The van der Waals surface area contributed by atoms with Gasteiger partial charge in [-0.1, -0.05) is 25.0 Å². The molecule has 1 aromatic carbocycles. The number of nitrogens with one attached hydrogen (secondary N) is 1. The van der Waals surface area contributed by atoms with Gasteiger partial charge in [0.1, 0.15) is 5.75 Å². The Morgan fingerprint density at radius 3 is 2.94 bits per heavy atom. The second kappa shape index (κ2) is 6.76. The molecular formula is C15H24N2O. The second-order valence-electron chi connectivity index (χ2n) is 5.11. The van der Waals surface area contributed by atoms with Crippen LogP contribution in [0.2, 0.25) is 0 Å². The molecule has 2 unspecified atom stereocenters. The molecule has 1 aromatic rings. The monoisotopic (exact) mass is 248 g/mol. The van der Waals surface area contributed by atoms with Crippen LogP contribution in [0.3, 0.4) is 0 Å². The highest BCUT2D eigenvalue weighted by molar-refractivity contribution is 5.28. The zero-order valence-corrected chi connectivity index (χ0v) is 11.2. The van der Waals surface area contributed by atoms with Gasteiger partial charge in [0, 0.05) is 12.1 Å². The maximum atomic E-state index is 6.12. The van der Waals surface area contributed by atoms with Gasteiger partial charge in [-0.2, -0.15) is 0 Å². The summed E-state index contributed by atoms with van der Waals surface area (Å²) in [5.41, 5.74) is 7.43. The summed E-state index contributed by atoms with van der Waals surface area (Å²) in [6.07, 6.45) is 6.01. The zero-order chi connectivity index (χ0) is 12.8. The molecule has 1 fully saturated rings. The molecule has 3 heteroatoms. The Kier molecular flexibility index (Phi) is 5.02. The molecule has 18 heavy (non-hydrogen) atoms. The van der Waals surface area contributed by atoms with E-state index in [0.717, 1.165) is 25.1 Å². The second-order valence-corrected chi connectivity index (χ2v) is 5.11. The summed E-state index contributed by atoms with van der Waals surface area (Å²) in [5.74, 6) is 0.932. The summed E-state index contributed by atoms with van der Waals surface area (Å²) in [7, 11) is 1.71. The predicted molar refractivity (Wildman–Crippen MR) is 74.9 cm³/mol. The number of nitrogens with two attached hydrogens (primary N) is 1. The minimum atomic E-state index is 0.337. The van der Waals surface area contributed by atoms with E-state index in [1.165, 1.54) is 24.8 Å². The third-order valence-electron chi connectivity index (χ3n) is 3.77. The fourth-order valence-corrected chi connectivity index (χ4v) is 2.64. The molecule has 0 spiro atoms. The van der Waals surface area contributed by atoms with Crippen LogP contribution in [-0.4, -0.2) is 25.7 Å². The van der Waals surface area contributed by atoms with Crippen molar-refractivity contribution in [3.8, 4) is 5.75 Å². The van der Waals surface area contributed by atoms with Crippen molar-refractivity contribution in [3.63, 3.8) is 0 Å². The molecule has 1 saturated carbocycles. The van der Waals surface area contributed by atoms with Gasteiger partial charge in [-0.05, 0) is 43.5 Å². The summed E-state index contributed by atoms with van der Waals surface area (Å²) >= 11 is 0. The molecule has 100 valence electrons. The van der Waals surface area contributed by atoms with E-state index in [1.807, 2.05) is 12.1 Å². The molecule has 0 aromatic heterocycles. The lowest BCUT2D eigenvalue weighted by molar-refractivity contribution is 0.329. The average Bonchev–Trinajstić information content (AvgIpc) is 2.41. The molecule has 2 atom stereocenters. The molecule has 0 radical (unpaired) electrons. The van der Waals surface area contributed by atoms with Crippen molar-refractivity contribution in [3.05, 3.63) is 29.8 Å². The van der Waals surface area contributed by atoms with Crippen LogP contribution >= 0.6 is 0 Å². The van der Waals surface area contributed by atoms with E-state index < -0.39 is 0 Å². The topological polar surface area (TPSA) is 47.3 Å². The van der Waals surface area contributed by atoms with E-state index in [9.17, 15) is 0 Å². The van der Waals surface area contributed by atoms with Gasteiger partial charge >= 0.3 is 0 Å². The Morgan fingerprint density at radius 1 is 1.33 bits per heavy atom. The summed E-state index contributed by atoms with van der Waals surface area (Å²) in [6, 6.07) is 9.11. The van der Waals surface area contributed by atoms with Crippen LogP contribution in [-0.2, 0) is 6.42 Å². The van der Waals surface area contributed by atoms with E-state index in [-0.39, 0.29) is 0 Å². The Bertz CT molecular complexity index is 367. The number of rotatable bonds is 5. The largest absolute Gasteiger partial charge is 0.497 e. The number of methoxy groups -OCH3 is 1. The Labute approximate surface area is 110 Å². The number of benzene rings is 1. The summed E-state index contributed by atoms with van der Waals surface area (Å²) < 4.78 is 5.23. The first-order valence-corrected chi connectivity index (χ1v) is 6.91. The van der Waals surface area contributed by atoms with Gasteiger partial charge in [-0.15, -0.1) is 0 Å². The van der Waals surface area contributed by atoms with E-state index in [4.69, 9.17) is 10.5 Å². The highest BCUT2D eigenvalue weighted by atomic mass is 16.5. The van der Waals surface area contributed by atoms with Crippen LogP contribution in [0.5, 0.6) is 5.75 Å². The van der Waals surface area contributed by atoms with Crippen molar-refractivity contribution in [2.75, 3.05) is 13.7 Å². The minimum Gasteiger partial charge on any atom is -0.497 e. The van der Waals surface area contributed by atoms with Gasteiger partial charge in [0.25, 0.3) is 0 Å². The van der Waals surface area contributed by atoms with E-state index in [1.54, 1.807) is 7.11 Å². The molecular weight excluding hydrogens is 224 g/mol. The first kappa shape index (κ1) is 13.4. The van der Waals surface area contributed by atoms with Crippen LogP contribution in [0.25, 0.3) is 0 Å². The van der Waals surface area contributed by atoms with Crippen molar-refractivity contribution >= 4 is 0 Å². The molecule has 0 bridgehead atoms. The zero-order valence-electron chi connectivity index (χ0n) is 11.2. The first-order valence-electron chi connectivity index (χ1n) is 6.91. The van der Waals surface area contributed by atoms with Crippen LogP contribution in [0.15, 0.2) is 24.3 Å². The summed E-state index contributed by atoms with van der Waals surface area (Å²) in [4.78, 5) is 0. The van der Waals surface area contributed by atoms with E-state index in [0.29, 0.717) is 12.1 Å². The lowest BCUT2D eigenvalue weighted by Crippen LogP contribution is -2.47. The van der Waals surface area contributed by atoms with Crippen LogP contribution in [0.1, 0.15) is 31.2 Å². The van der Waals surface area contributed by atoms with Crippen molar-refractivity contribution in [2.24, 2.45) is 5.73 Å². The molecule has 0 heterocycles. The minimum absolute atomic E-state index is 0.337. The predicted octanol–water partition coefficient (Wildman–Crippen LogP) is 2.10. The highest BCUT2D eigenvalue weighted by Gasteiger charge is 2.20. The number of ether oxygens (including phenoxy) is 1. The van der Waals surface area contributed by atoms with Crippen molar-refractivity contribution in [1.29, 1.82) is 0 Å². The fourth-order valence-electron chi connectivity index (χ4n) is 2.64. The lowest BCUT2D eigenvalue weighted by Gasteiger charge is -2.29. The third-order valence-corrected chi connectivity index (χ3v) is 3.77. The van der Waals surface area contributed by atoms with Gasteiger partial charge in [0.05, 0.1) is 7.11 Å². The van der Waals surface area contributed by atoms with Crippen molar-refractivity contribution < 1.29 is 4.74 Å². The molecule has 0 aliphatic heterocycles. The maximum Gasteiger partial charge on any atom is 0.119 e. The summed E-state index contributed by atoms with van der Waals surface area (Å²) in [5, 5.41) is 3.59. The Morgan fingerprint density at radius 2 is 2.17 bits per heavy atom. The molecule has 3 N–H and O–H groups in total. The lowest BCUT2D eigenvalue weighted by atomic mass is 9.91.